The van der Waals surface area contributed by atoms with Crippen LogP contribution in [0, 0.1) is 6.92 Å². The average Bonchev–Trinajstić information content (AvgIpc) is 2.61. The van der Waals surface area contributed by atoms with E-state index in [1.54, 1.807) is 0 Å². The number of likely N-dealkylation sites (N-methyl/N-ethyl adjacent to an activating group) is 1. The minimum atomic E-state index is 0.554. The molecule has 15 heavy (non-hydrogen) atoms. The summed E-state index contributed by atoms with van der Waals surface area (Å²) in [5.74, 6) is 1.08. The number of nitrogens with two attached hydrogens (primary N) is 1. The molecule has 86 valence electrons. The number of imidazole rings is 1. The predicted octanol–water partition coefficient (Wildman–Crippen LogP) is 0.861. The highest BCUT2D eigenvalue weighted by Crippen LogP contribution is 2.01. The number of hydrogen-bond donors (Lipinski definition) is 1. The molecule has 1 aromatic rings. The van der Waals surface area contributed by atoms with Gasteiger partial charge in [0.2, 0.25) is 0 Å². The number of rotatable bonds is 6. The molecule has 0 amide bonds. The van der Waals surface area contributed by atoms with Gasteiger partial charge in [-0.25, -0.2) is 4.98 Å². The first-order valence-corrected chi connectivity index (χ1v) is 5.53. The molecule has 4 heteroatoms. The lowest BCUT2D eigenvalue weighted by atomic mass is 10.2. The van der Waals surface area contributed by atoms with Crippen molar-refractivity contribution in [2.45, 2.75) is 32.9 Å². The summed E-state index contributed by atoms with van der Waals surface area (Å²) in [4.78, 5) is 6.54. The number of aryl methyl sites for hydroxylation is 1. The second-order valence-electron chi connectivity index (χ2n) is 4.07. The highest BCUT2D eigenvalue weighted by atomic mass is 15.2. The van der Waals surface area contributed by atoms with Gasteiger partial charge >= 0.3 is 0 Å². The van der Waals surface area contributed by atoms with Crippen molar-refractivity contribution in [3.05, 3.63) is 18.2 Å². The topological polar surface area (TPSA) is 47.1 Å². The van der Waals surface area contributed by atoms with E-state index in [0.717, 1.165) is 31.9 Å². The van der Waals surface area contributed by atoms with E-state index in [1.165, 1.54) is 0 Å². The van der Waals surface area contributed by atoms with Gasteiger partial charge in [-0.1, -0.05) is 0 Å². The van der Waals surface area contributed by atoms with E-state index in [0.29, 0.717) is 6.04 Å². The Labute approximate surface area is 92.1 Å². The molecule has 0 bridgehead atoms. The van der Waals surface area contributed by atoms with E-state index >= 15 is 0 Å². The maximum absolute atomic E-state index is 5.54. The first-order valence-electron chi connectivity index (χ1n) is 5.53. The Bertz CT molecular complexity index is 282. The van der Waals surface area contributed by atoms with E-state index in [4.69, 9.17) is 5.73 Å². The quantitative estimate of drug-likeness (QED) is 0.757. The largest absolute Gasteiger partial charge is 0.334 e. The summed E-state index contributed by atoms with van der Waals surface area (Å²) in [5, 5.41) is 0. The molecule has 1 atom stereocenters. The second kappa shape index (κ2) is 5.88. The minimum Gasteiger partial charge on any atom is -0.334 e. The molecule has 0 fully saturated rings. The Kier molecular flexibility index (Phi) is 4.78. The number of aromatic nitrogens is 2. The Morgan fingerprint density at radius 2 is 2.33 bits per heavy atom. The second-order valence-corrected chi connectivity index (χ2v) is 4.07. The Morgan fingerprint density at radius 1 is 1.60 bits per heavy atom. The molecule has 4 nitrogen and oxygen atoms in total. The summed E-state index contributed by atoms with van der Waals surface area (Å²) >= 11 is 0. The molecule has 0 spiro atoms. The molecular weight excluding hydrogens is 188 g/mol. The van der Waals surface area contributed by atoms with Crippen molar-refractivity contribution in [2.75, 3.05) is 20.1 Å². The van der Waals surface area contributed by atoms with Crippen LogP contribution in [0.1, 0.15) is 19.2 Å². The van der Waals surface area contributed by atoms with E-state index < -0.39 is 0 Å². The van der Waals surface area contributed by atoms with Gasteiger partial charge in [0, 0.05) is 31.5 Å². The fourth-order valence-corrected chi connectivity index (χ4v) is 1.59. The van der Waals surface area contributed by atoms with Gasteiger partial charge in [0.25, 0.3) is 0 Å². The summed E-state index contributed by atoms with van der Waals surface area (Å²) in [7, 11) is 2.15. The molecule has 0 saturated heterocycles. The maximum atomic E-state index is 5.54. The van der Waals surface area contributed by atoms with Crippen molar-refractivity contribution in [3.8, 4) is 0 Å². The van der Waals surface area contributed by atoms with Gasteiger partial charge in [-0.05, 0) is 33.9 Å². The lowest BCUT2D eigenvalue weighted by Gasteiger charge is -2.24. The molecule has 1 unspecified atom stereocenters. The average molecular weight is 210 g/mol. The monoisotopic (exact) mass is 210 g/mol. The molecule has 0 aliphatic heterocycles. The number of nitrogens with zero attached hydrogens (tertiary/aromatic N) is 3. The van der Waals surface area contributed by atoms with Gasteiger partial charge < -0.3 is 15.2 Å². The number of hydrogen-bond acceptors (Lipinski definition) is 3. The summed E-state index contributed by atoms with van der Waals surface area (Å²) < 4.78 is 2.17. The normalized spacial score (nSPS) is 13.4. The molecule has 0 aliphatic rings. The third-order valence-corrected chi connectivity index (χ3v) is 2.95. The van der Waals surface area contributed by atoms with Crippen LogP contribution in [0.15, 0.2) is 12.4 Å². The third kappa shape index (κ3) is 3.64. The SMILES string of the molecule is Cc1nccn1CCN(C)C(C)CCN. The first kappa shape index (κ1) is 12.2. The van der Waals surface area contributed by atoms with Crippen LogP contribution in [0.2, 0.25) is 0 Å². The van der Waals surface area contributed by atoms with E-state index in [1.807, 2.05) is 19.3 Å². The van der Waals surface area contributed by atoms with Crippen molar-refractivity contribution in [2.24, 2.45) is 5.73 Å². The van der Waals surface area contributed by atoms with Crippen LogP contribution in [0.3, 0.4) is 0 Å². The zero-order valence-corrected chi connectivity index (χ0v) is 9.98. The molecule has 0 aromatic carbocycles. The molecule has 0 aliphatic carbocycles. The van der Waals surface area contributed by atoms with Crippen LogP contribution in [-0.2, 0) is 6.54 Å². The summed E-state index contributed by atoms with van der Waals surface area (Å²) in [6.07, 6.45) is 4.93. The van der Waals surface area contributed by atoms with Crippen LogP contribution < -0.4 is 5.73 Å². The lowest BCUT2D eigenvalue weighted by molar-refractivity contribution is 0.238. The predicted molar refractivity (Wildman–Crippen MR) is 62.7 cm³/mol. The molecule has 0 saturated carbocycles. The van der Waals surface area contributed by atoms with Crippen LogP contribution in [0.25, 0.3) is 0 Å². The van der Waals surface area contributed by atoms with Gasteiger partial charge in [-0.3, -0.25) is 0 Å². The van der Waals surface area contributed by atoms with Gasteiger partial charge in [0.15, 0.2) is 0 Å². The van der Waals surface area contributed by atoms with Gasteiger partial charge in [-0.2, -0.15) is 0 Å². The standard InChI is InChI=1S/C11H22N4/c1-10(4-5-12)14(3)8-9-15-7-6-13-11(15)2/h6-7,10H,4-5,8-9,12H2,1-3H3. The van der Waals surface area contributed by atoms with E-state index in [9.17, 15) is 0 Å². The molecule has 1 rings (SSSR count). The van der Waals surface area contributed by atoms with Crippen LogP contribution in [-0.4, -0.2) is 40.6 Å². The molecule has 0 radical (unpaired) electrons. The van der Waals surface area contributed by atoms with Crippen molar-refractivity contribution >= 4 is 0 Å². The zero-order valence-electron chi connectivity index (χ0n) is 9.98. The Hall–Kier alpha value is -0.870. The summed E-state index contributed by atoms with van der Waals surface area (Å²) in [6, 6.07) is 0.554. The van der Waals surface area contributed by atoms with Gasteiger partial charge in [-0.15, -0.1) is 0 Å². The highest BCUT2D eigenvalue weighted by molar-refractivity contribution is 4.88. The Balaban J connectivity index is 2.34. The van der Waals surface area contributed by atoms with Crippen molar-refractivity contribution in [3.63, 3.8) is 0 Å². The van der Waals surface area contributed by atoms with Crippen molar-refractivity contribution in [1.82, 2.24) is 14.5 Å². The first-order chi connectivity index (χ1) is 7.15. The molecule has 1 heterocycles. The lowest BCUT2D eigenvalue weighted by Crippen LogP contribution is -2.33. The fraction of sp³-hybridized carbons (Fsp3) is 0.727. The van der Waals surface area contributed by atoms with Crippen molar-refractivity contribution in [1.29, 1.82) is 0 Å². The third-order valence-electron chi connectivity index (χ3n) is 2.95. The molecule has 2 N–H and O–H groups in total. The smallest absolute Gasteiger partial charge is 0.105 e. The van der Waals surface area contributed by atoms with Gasteiger partial charge in [0.05, 0.1) is 0 Å². The zero-order chi connectivity index (χ0) is 11.3. The van der Waals surface area contributed by atoms with Crippen molar-refractivity contribution < 1.29 is 0 Å². The fourth-order valence-electron chi connectivity index (χ4n) is 1.59. The van der Waals surface area contributed by atoms with E-state index in [2.05, 4.69) is 28.4 Å². The van der Waals surface area contributed by atoms with Crippen LogP contribution in [0.4, 0.5) is 0 Å². The molecule has 1 aromatic heterocycles. The maximum Gasteiger partial charge on any atom is 0.105 e. The Morgan fingerprint density at radius 3 is 2.87 bits per heavy atom. The van der Waals surface area contributed by atoms with Gasteiger partial charge in [0.1, 0.15) is 5.82 Å². The minimum absolute atomic E-state index is 0.554. The summed E-state index contributed by atoms with van der Waals surface area (Å²) in [6.45, 7) is 7.04. The highest BCUT2D eigenvalue weighted by Gasteiger charge is 2.07. The van der Waals surface area contributed by atoms with Crippen LogP contribution in [0.5, 0.6) is 0 Å². The van der Waals surface area contributed by atoms with Crippen LogP contribution >= 0.6 is 0 Å². The summed E-state index contributed by atoms with van der Waals surface area (Å²) in [5.41, 5.74) is 5.54. The van der Waals surface area contributed by atoms with E-state index in [-0.39, 0.29) is 0 Å². The molecular formula is C11H22N4.